The Hall–Kier alpha value is -1.84. The van der Waals surface area contributed by atoms with Crippen molar-refractivity contribution in [1.29, 1.82) is 0 Å². The Morgan fingerprint density at radius 1 is 1.18 bits per heavy atom. The van der Waals surface area contributed by atoms with E-state index in [2.05, 4.69) is 0 Å². The minimum atomic E-state index is -0.514. The van der Waals surface area contributed by atoms with Gasteiger partial charge in [-0.25, -0.2) is 0 Å². The van der Waals surface area contributed by atoms with E-state index in [1.165, 1.54) is 12.1 Å². The molecule has 1 aromatic rings. The number of hydrogen-bond acceptors (Lipinski definition) is 4. The van der Waals surface area contributed by atoms with Gasteiger partial charge in [-0.3, -0.25) is 0 Å². The summed E-state index contributed by atoms with van der Waals surface area (Å²) in [4.78, 5) is 0. The molecule has 0 saturated carbocycles. The Morgan fingerprint density at radius 2 is 1.76 bits per heavy atom. The smallest absolute Gasteiger partial charge is 0.200 e. The van der Waals surface area contributed by atoms with E-state index in [1.807, 2.05) is 19.9 Å². The fourth-order valence-electron chi connectivity index (χ4n) is 1.40. The number of aromatic hydroxyl groups is 3. The number of rotatable bonds is 5. The Balaban J connectivity index is 3.06. The van der Waals surface area contributed by atoms with Crippen molar-refractivity contribution in [2.24, 2.45) is 0 Å². The highest BCUT2D eigenvalue weighted by atomic mass is 16.5. The molecule has 0 saturated heterocycles. The van der Waals surface area contributed by atoms with Gasteiger partial charge in [0.15, 0.2) is 17.2 Å². The minimum absolute atomic E-state index is 0.359. The Labute approximate surface area is 101 Å². The molecule has 94 valence electrons. The zero-order valence-corrected chi connectivity index (χ0v) is 10.1. The van der Waals surface area contributed by atoms with E-state index in [1.54, 1.807) is 0 Å². The molecule has 0 unspecified atom stereocenters. The first-order valence-electron chi connectivity index (χ1n) is 5.68. The molecule has 1 aromatic carbocycles. The summed E-state index contributed by atoms with van der Waals surface area (Å²) in [6.45, 7) is 4.53. The average molecular weight is 238 g/mol. The third kappa shape index (κ3) is 3.31. The number of benzene rings is 1. The van der Waals surface area contributed by atoms with Gasteiger partial charge in [0.25, 0.3) is 0 Å². The van der Waals surface area contributed by atoms with E-state index in [-0.39, 0.29) is 11.5 Å². The molecule has 4 heteroatoms. The highest BCUT2D eigenvalue weighted by Crippen LogP contribution is 2.37. The molecule has 4 nitrogen and oxygen atoms in total. The van der Waals surface area contributed by atoms with Gasteiger partial charge in [-0.15, -0.1) is 0 Å². The van der Waals surface area contributed by atoms with Gasteiger partial charge in [0.1, 0.15) is 5.76 Å². The Morgan fingerprint density at radius 3 is 2.24 bits per heavy atom. The van der Waals surface area contributed by atoms with Crippen molar-refractivity contribution in [3.63, 3.8) is 0 Å². The van der Waals surface area contributed by atoms with E-state index in [9.17, 15) is 15.3 Å². The summed E-state index contributed by atoms with van der Waals surface area (Å²) in [5.74, 6) is -0.635. The average Bonchev–Trinajstić information content (AvgIpc) is 2.31. The second-order valence-electron chi connectivity index (χ2n) is 3.69. The first-order valence-corrected chi connectivity index (χ1v) is 5.68. The van der Waals surface area contributed by atoms with Gasteiger partial charge in [-0.2, -0.15) is 0 Å². The number of phenolic OH excluding ortho intramolecular Hbond substituents is 3. The first-order chi connectivity index (χ1) is 8.10. The molecule has 0 atom stereocenters. The van der Waals surface area contributed by atoms with Crippen LogP contribution < -0.4 is 0 Å². The molecule has 0 aromatic heterocycles. The van der Waals surface area contributed by atoms with Crippen LogP contribution in [-0.2, 0) is 4.74 Å². The largest absolute Gasteiger partial charge is 0.504 e. The van der Waals surface area contributed by atoms with Crippen LogP contribution in [0.1, 0.15) is 32.3 Å². The normalized spacial score (nSPS) is 11.5. The highest BCUT2D eigenvalue weighted by molar-refractivity contribution is 5.66. The molecule has 0 aliphatic heterocycles. The SMILES string of the molecule is CC/C=C(/OCCC)c1cc(O)c(O)c(O)c1. The lowest BCUT2D eigenvalue weighted by molar-refractivity contribution is 0.275. The van der Waals surface area contributed by atoms with Crippen LogP contribution in [0.4, 0.5) is 0 Å². The molecule has 0 spiro atoms. The summed E-state index contributed by atoms with van der Waals surface area (Å²) in [5, 5.41) is 28.1. The predicted molar refractivity (Wildman–Crippen MR) is 65.9 cm³/mol. The van der Waals surface area contributed by atoms with E-state index in [4.69, 9.17) is 4.74 Å². The van der Waals surface area contributed by atoms with Crippen molar-refractivity contribution in [2.45, 2.75) is 26.7 Å². The lowest BCUT2D eigenvalue weighted by Gasteiger charge is -2.11. The quantitative estimate of drug-likeness (QED) is 0.545. The van der Waals surface area contributed by atoms with E-state index >= 15 is 0 Å². The Bertz CT molecular complexity index is 387. The summed E-state index contributed by atoms with van der Waals surface area (Å²) in [6, 6.07) is 2.73. The van der Waals surface area contributed by atoms with Gasteiger partial charge in [-0.05, 0) is 31.1 Å². The highest BCUT2D eigenvalue weighted by Gasteiger charge is 2.11. The molecule has 0 fully saturated rings. The molecule has 17 heavy (non-hydrogen) atoms. The van der Waals surface area contributed by atoms with Crippen LogP contribution in [-0.4, -0.2) is 21.9 Å². The molecule has 0 aliphatic rings. The van der Waals surface area contributed by atoms with Crippen LogP contribution in [0.2, 0.25) is 0 Å². The predicted octanol–water partition coefficient (Wildman–Crippen LogP) is 2.98. The molecule has 3 N–H and O–H groups in total. The van der Waals surface area contributed by atoms with Crippen molar-refractivity contribution in [1.82, 2.24) is 0 Å². The van der Waals surface area contributed by atoms with E-state index in [0.29, 0.717) is 17.9 Å². The lowest BCUT2D eigenvalue weighted by Crippen LogP contribution is -1.94. The molecular weight excluding hydrogens is 220 g/mol. The maximum absolute atomic E-state index is 9.43. The maximum Gasteiger partial charge on any atom is 0.200 e. The summed E-state index contributed by atoms with van der Waals surface area (Å²) >= 11 is 0. The lowest BCUT2D eigenvalue weighted by atomic mass is 10.1. The third-order valence-corrected chi connectivity index (χ3v) is 2.21. The fourth-order valence-corrected chi connectivity index (χ4v) is 1.40. The standard InChI is InChI=1S/C13H18O4/c1-3-5-12(17-6-4-2)9-7-10(14)13(16)11(15)8-9/h5,7-8,14-16H,3-4,6H2,1-2H3/b12-5+. The molecule has 0 bridgehead atoms. The van der Waals surface area contributed by atoms with Crippen LogP contribution >= 0.6 is 0 Å². The molecule has 0 aliphatic carbocycles. The summed E-state index contributed by atoms with van der Waals surface area (Å²) in [5.41, 5.74) is 0.549. The van der Waals surface area contributed by atoms with E-state index < -0.39 is 5.75 Å². The zero-order valence-electron chi connectivity index (χ0n) is 10.1. The van der Waals surface area contributed by atoms with Crippen LogP contribution in [0.15, 0.2) is 18.2 Å². The van der Waals surface area contributed by atoms with Crippen LogP contribution in [0, 0.1) is 0 Å². The van der Waals surface area contributed by atoms with Crippen molar-refractivity contribution in [3.05, 3.63) is 23.8 Å². The second-order valence-corrected chi connectivity index (χ2v) is 3.69. The third-order valence-electron chi connectivity index (χ3n) is 2.21. The van der Waals surface area contributed by atoms with Gasteiger partial charge in [-0.1, -0.05) is 13.8 Å². The Kier molecular flexibility index (Phi) is 4.69. The fraction of sp³-hybridized carbons (Fsp3) is 0.385. The number of phenols is 3. The zero-order chi connectivity index (χ0) is 12.8. The van der Waals surface area contributed by atoms with Gasteiger partial charge < -0.3 is 20.1 Å². The number of ether oxygens (including phenoxy) is 1. The summed E-state index contributed by atoms with van der Waals surface area (Å²) in [7, 11) is 0. The van der Waals surface area contributed by atoms with Crippen LogP contribution in [0.25, 0.3) is 5.76 Å². The molecule has 0 amide bonds. The first kappa shape index (κ1) is 13.2. The number of allylic oxidation sites excluding steroid dienone is 1. The second kappa shape index (κ2) is 6.03. The molecule has 1 rings (SSSR count). The molecule has 0 heterocycles. The molecular formula is C13H18O4. The molecule has 0 radical (unpaired) electrons. The van der Waals surface area contributed by atoms with Crippen molar-refractivity contribution < 1.29 is 20.1 Å². The van der Waals surface area contributed by atoms with Crippen LogP contribution in [0.3, 0.4) is 0 Å². The summed E-state index contributed by atoms with van der Waals surface area (Å²) in [6.07, 6.45) is 3.51. The maximum atomic E-state index is 9.43. The van der Waals surface area contributed by atoms with Crippen molar-refractivity contribution in [2.75, 3.05) is 6.61 Å². The van der Waals surface area contributed by atoms with Crippen molar-refractivity contribution >= 4 is 5.76 Å². The van der Waals surface area contributed by atoms with Gasteiger partial charge >= 0.3 is 0 Å². The van der Waals surface area contributed by atoms with Crippen LogP contribution in [0.5, 0.6) is 17.2 Å². The van der Waals surface area contributed by atoms with Gasteiger partial charge in [0, 0.05) is 5.56 Å². The van der Waals surface area contributed by atoms with E-state index in [0.717, 1.165) is 12.8 Å². The number of hydrogen-bond donors (Lipinski definition) is 3. The minimum Gasteiger partial charge on any atom is -0.504 e. The van der Waals surface area contributed by atoms with Gasteiger partial charge in [0.05, 0.1) is 6.61 Å². The topological polar surface area (TPSA) is 69.9 Å². The summed E-state index contributed by atoms with van der Waals surface area (Å²) < 4.78 is 5.52. The van der Waals surface area contributed by atoms with Gasteiger partial charge in [0.2, 0.25) is 0 Å². The monoisotopic (exact) mass is 238 g/mol. The van der Waals surface area contributed by atoms with Crippen molar-refractivity contribution in [3.8, 4) is 17.2 Å².